The monoisotopic (exact) mass is 817 g/mol. The zero-order valence-electron chi connectivity index (χ0n) is 37.1. The summed E-state index contributed by atoms with van der Waals surface area (Å²) in [5.41, 5.74) is 0. The average molecular weight is 817 g/mol. The molecule has 0 rings (SSSR count). The lowest BCUT2D eigenvalue weighted by atomic mass is 10.0. The summed E-state index contributed by atoms with van der Waals surface area (Å²) in [5.74, 6) is -0.862. The van der Waals surface area contributed by atoms with Crippen molar-refractivity contribution in [2.45, 2.75) is 277 Å². The van der Waals surface area contributed by atoms with Crippen molar-refractivity contribution in [1.82, 2.24) is 0 Å². The first-order valence-electron chi connectivity index (χ1n) is 24.3. The number of phosphoric ester groups is 1. The molecular weight excluding hydrogens is 723 g/mol. The Morgan fingerprint density at radius 3 is 0.911 bits per heavy atom. The van der Waals surface area contributed by atoms with Crippen LogP contribution in [0.1, 0.15) is 271 Å². The molecule has 0 heterocycles. The van der Waals surface area contributed by atoms with Crippen molar-refractivity contribution in [3.05, 3.63) is 0 Å². The molecular formula is C47H93O8P. The van der Waals surface area contributed by atoms with Gasteiger partial charge in [-0.15, -0.1) is 0 Å². The molecule has 0 aromatic heterocycles. The lowest BCUT2D eigenvalue weighted by molar-refractivity contribution is -0.161. The van der Waals surface area contributed by atoms with E-state index in [1.807, 2.05) is 0 Å². The third-order valence-corrected chi connectivity index (χ3v) is 11.6. The van der Waals surface area contributed by atoms with Gasteiger partial charge in [-0.05, 0) is 12.8 Å². The van der Waals surface area contributed by atoms with Gasteiger partial charge in [0, 0.05) is 12.8 Å². The molecule has 0 spiro atoms. The molecule has 0 aliphatic carbocycles. The third kappa shape index (κ3) is 45.7. The van der Waals surface area contributed by atoms with Gasteiger partial charge in [0.05, 0.1) is 6.61 Å². The number of hydrogen-bond acceptors (Lipinski definition) is 6. The quantitative estimate of drug-likeness (QED) is 0.0354. The largest absolute Gasteiger partial charge is 0.469 e. The van der Waals surface area contributed by atoms with Gasteiger partial charge < -0.3 is 19.3 Å². The first-order chi connectivity index (χ1) is 27.3. The third-order valence-electron chi connectivity index (χ3n) is 11.1. The molecule has 9 heteroatoms. The Hall–Kier alpha value is -0.950. The molecule has 1 atom stereocenters. The van der Waals surface area contributed by atoms with Gasteiger partial charge in [0.2, 0.25) is 0 Å². The Morgan fingerprint density at radius 1 is 0.393 bits per heavy atom. The molecule has 0 aliphatic heterocycles. The van der Waals surface area contributed by atoms with Crippen molar-refractivity contribution in [1.29, 1.82) is 0 Å². The van der Waals surface area contributed by atoms with Crippen LogP contribution in [0.25, 0.3) is 0 Å². The Bertz CT molecular complexity index is 878. The van der Waals surface area contributed by atoms with Crippen molar-refractivity contribution >= 4 is 19.8 Å². The molecule has 0 saturated carbocycles. The summed E-state index contributed by atoms with van der Waals surface area (Å²) in [6, 6.07) is 0. The minimum absolute atomic E-state index is 0.221. The minimum Gasteiger partial charge on any atom is -0.462 e. The maximum Gasteiger partial charge on any atom is 0.469 e. The van der Waals surface area contributed by atoms with Crippen LogP contribution in [-0.4, -0.2) is 41.0 Å². The van der Waals surface area contributed by atoms with Crippen LogP contribution in [0.4, 0.5) is 0 Å². The molecule has 0 fully saturated rings. The van der Waals surface area contributed by atoms with Gasteiger partial charge in [-0.2, -0.15) is 0 Å². The fourth-order valence-corrected chi connectivity index (χ4v) is 7.86. The summed E-state index contributed by atoms with van der Waals surface area (Å²) in [5, 5.41) is 0. The fourth-order valence-electron chi connectivity index (χ4n) is 7.49. The molecule has 0 radical (unpaired) electrons. The highest BCUT2D eigenvalue weighted by atomic mass is 31.2. The van der Waals surface area contributed by atoms with E-state index in [1.165, 1.54) is 205 Å². The van der Waals surface area contributed by atoms with Gasteiger partial charge in [-0.25, -0.2) is 4.57 Å². The number of carbonyl (C=O) groups is 2. The Balaban J connectivity index is 3.78. The summed E-state index contributed by atoms with van der Waals surface area (Å²) in [7, 11) is -4.75. The maximum atomic E-state index is 12.5. The molecule has 0 unspecified atom stereocenters. The van der Waals surface area contributed by atoms with Gasteiger partial charge in [0.15, 0.2) is 6.10 Å². The van der Waals surface area contributed by atoms with Gasteiger partial charge in [0.1, 0.15) is 6.61 Å². The molecule has 8 nitrogen and oxygen atoms in total. The zero-order valence-corrected chi connectivity index (χ0v) is 38.0. The predicted octanol–water partition coefficient (Wildman–Crippen LogP) is 15.2. The highest BCUT2D eigenvalue weighted by molar-refractivity contribution is 7.46. The maximum absolute atomic E-state index is 12.5. The molecule has 0 aromatic rings. The summed E-state index contributed by atoms with van der Waals surface area (Å²) in [4.78, 5) is 43.0. The van der Waals surface area contributed by atoms with Crippen LogP contribution in [0.3, 0.4) is 0 Å². The highest BCUT2D eigenvalue weighted by Crippen LogP contribution is 2.36. The first kappa shape index (κ1) is 55.0. The number of carbonyl (C=O) groups excluding carboxylic acids is 2. The van der Waals surface area contributed by atoms with Gasteiger partial charge >= 0.3 is 19.8 Å². The molecule has 0 aromatic carbocycles. The minimum atomic E-state index is -4.75. The second kappa shape index (κ2) is 43.6. The molecule has 0 aliphatic rings. The van der Waals surface area contributed by atoms with Crippen LogP contribution >= 0.6 is 7.82 Å². The fraction of sp³-hybridized carbons (Fsp3) is 0.957. The molecule has 334 valence electrons. The van der Waals surface area contributed by atoms with E-state index < -0.39 is 32.5 Å². The van der Waals surface area contributed by atoms with Gasteiger partial charge in [-0.3, -0.25) is 14.1 Å². The lowest BCUT2D eigenvalue weighted by Crippen LogP contribution is -2.29. The van der Waals surface area contributed by atoms with Crippen LogP contribution < -0.4 is 0 Å². The first-order valence-corrected chi connectivity index (χ1v) is 25.9. The van der Waals surface area contributed by atoms with E-state index in [0.29, 0.717) is 6.42 Å². The Labute approximate surface area is 346 Å². The van der Waals surface area contributed by atoms with Crippen LogP contribution in [-0.2, 0) is 28.2 Å². The summed E-state index contributed by atoms with van der Waals surface area (Å²) >= 11 is 0. The van der Waals surface area contributed by atoms with Crippen LogP contribution in [0.15, 0.2) is 0 Å². The Morgan fingerprint density at radius 2 is 0.643 bits per heavy atom. The molecule has 0 amide bonds. The predicted molar refractivity (Wildman–Crippen MR) is 235 cm³/mol. The van der Waals surface area contributed by atoms with Crippen LogP contribution in [0.5, 0.6) is 0 Å². The number of esters is 2. The van der Waals surface area contributed by atoms with E-state index >= 15 is 0 Å². The Kier molecular flexibility index (Phi) is 42.9. The van der Waals surface area contributed by atoms with Gasteiger partial charge in [0.25, 0.3) is 0 Å². The number of unbranched alkanes of at least 4 members (excludes halogenated alkanes) is 36. The number of ether oxygens (including phenoxy) is 2. The SMILES string of the molecule is CCCCCCCCCCCCCCCCCCCCCCCC(=O)O[C@H](COC(=O)CCCCCCCCCCCCCCCCCCC)COP(=O)(O)O. The second-order valence-corrected chi connectivity index (χ2v) is 18.0. The molecule has 0 saturated heterocycles. The van der Waals surface area contributed by atoms with E-state index in [9.17, 15) is 14.2 Å². The molecule has 56 heavy (non-hydrogen) atoms. The summed E-state index contributed by atoms with van der Waals surface area (Å²) in [6.45, 7) is 3.74. The number of rotatable bonds is 46. The van der Waals surface area contributed by atoms with E-state index in [1.54, 1.807) is 0 Å². The molecule has 0 bridgehead atoms. The number of hydrogen-bond donors (Lipinski definition) is 2. The lowest BCUT2D eigenvalue weighted by Gasteiger charge is -2.18. The van der Waals surface area contributed by atoms with Crippen molar-refractivity contribution in [2.75, 3.05) is 13.2 Å². The van der Waals surface area contributed by atoms with E-state index in [0.717, 1.165) is 32.1 Å². The van der Waals surface area contributed by atoms with Crippen LogP contribution in [0.2, 0.25) is 0 Å². The normalized spacial score (nSPS) is 12.3. The summed E-state index contributed by atoms with van der Waals surface area (Å²) < 4.78 is 26.5. The average Bonchev–Trinajstić information content (AvgIpc) is 3.17. The van der Waals surface area contributed by atoms with E-state index in [2.05, 4.69) is 18.4 Å². The second-order valence-electron chi connectivity index (χ2n) is 16.8. The smallest absolute Gasteiger partial charge is 0.462 e. The molecule has 2 N–H and O–H groups in total. The van der Waals surface area contributed by atoms with Crippen molar-refractivity contribution in [3.63, 3.8) is 0 Å². The number of phosphoric acid groups is 1. The zero-order chi connectivity index (χ0) is 41.1. The van der Waals surface area contributed by atoms with Crippen molar-refractivity contribution in [3.8, 4) is 0 Å². The summed E-state index contributed by atoms with van der Waals surface area (Å²) in [6.07, 6.45) is 48.3. The van der Waals surface area contributed by atoms with E-state index in [-0.39, 0.29) is 19.4 Å². The highest BCUT2D eigenvalue weighted by Gasteiger charge is 2.23. The van der Waals surface area contributed by atoms with Crippen molar-refractivity contribution in [2.24, 2.45) is 0 Å². The van der Waals surface area contributed by atoms with E-state index in [4.69, 9.17) is 19.3 Å². The standard InChI is InChI=1S/C47H93O8P/c1-3-5-7-9-11-13-15-17-19-21-22-23-24-26-28-30-32-34-36-38-40-42-47(49)55-45(44-54-56(50,51)52)43-53-46(48)41-39-37-35-33-31-29-27-25-20-18-16-14-12-10-8-6-4-2/h45H,3-44H2,1-2H3,(H2,50,51,52)/t45-/m1/s1. The van der Waals surface area contributed by atoms with Crippen LogP contribution in [0, 0.1) is 0 Å². The van der Waals surface area contributed by atoms with Gasteiger partial charge in [-0.1, -0.05) is 245 Å². The topological polar surface area (TPSA) is 119 Å². The van der Waals surface area contributed by atoms with Crippen molar-refractivity contribution < 1.29 is 37.9 Å².